The Labute approximate surface area is 113 Å². The van der Waals surface area contributed by atoms with E-state index in [0.717, 1.165) is 11.6 Å². The number of hydrogen-bond donors (Lipinski definition) is 0. The Morgan fingerprint density at radius 1 is 1.28 bits per heavy atom. The first-order valence-corrected chi connectivity index (χ1v) is 7.21. The molecule has 2 heterocycles. The normalized spacial score (nSPS) is 32.7. The van der Waals surface area contributed by atoms with Gasteiger partial charge in [0, 0.05) is 24.4 Å². The largest absolute Gasteiger partial charge is 0.364 e. The summed E-state index contributed by atoms with van der Waals surface area (Å²) in [6, 6.07) is 2.38. The minimum absolute atomic E-state index is 0.128. The summed E-state index contributed by atoms with van der Waals surface area (Å²) in [6.07, 6.45) is 4.92. The Morgan fingerprint density at radius 2 is 1.94 bits per heavy atom. The molecule has 0 saturated carbocycles. The lowest BCUT2D eigenvalue weighted by Crippen LogP contribution is -2.47. The average molecular weight is 267 g/mol. The molecule has 2 unspecified atom stereocenters. The Kier molecular flexibility index (Phi) is 4.59. The molecule has 1 saturated heterocycles. The zero-order chi connectivity index (χ0) is 13.1. The highest BCUT2D eigenvalue weighted by atomic mass is 32.2. The van der Waals surface area contributed by atoms with Gasteiger partial charge in [0.2, 0.25) is 0 Å². The molecule has 0 aromatic carbocycles. The van der Waals surface area contributed by atoms with E-state index in [1.807, 2.05) is 6.07 Å². The lowest BCUT2D eigenvalue weighted by atomic mass is 9.93. The maximum atomic E-state index is 6.04. The predicted molar refractivity (Wildman–Crippen MR) is 73.5 cm³/mol. The fourth-order valence-electron chi connectivity index (χ4n) is 2.41. The van der Waals surface area contributed by atoms with Gasteiger partial charge in [-0.25, -0.2) is 9.97 Å². The van der Waals surface area contributed by atoms with Gasteiger partial charge in [-0.3, -0.25) is 0 Å². The van der Waals surface area contributed by atoms with Crippen LogP contribution in [0.5, 0.6) is 0 Å². The van der Waals surface area contributed by atoms with Crippen molar-refractivity contribution in [1.29, 1.82) is 0 Å². The molecule has 1 fully saturated rings. The fraction of sp³-hybridized carbons (Fsp3) is 0.692. The van der Waals surface area contributed by atoms with E-state index < -0.39 is 0 Å². The van der Waals surface area contributed by atoms with Crippen LogP contribution in [0.15, 0.2) is 23.6 Å². The second-order valence-electron chi connectivity index (χ2n) is 5.09. The zero-order valence-electron chi connectivity index (χ0n) is 11.4. The Balaban J connectivity index is 2.07. The van der Waals surface area contributed by atoms with Gasteiger partial charge in [-0.05, 0) is 33.5 Å². The molecule has 0 spiro atoms. The van der Waals surface area contributed by atoms with Crippen LogP contribution in [0.25, 0.3) is 0 Å². The summed E-state index contributed by atoms with van der Waals surface area (Å²) >= 11 is 1.63. The predicted octanol–water partition coefficient (Wildman–Crippen LogP) is 2.27. The molecule has 1 aromatic heterocycles. The molecule has 2 rings (SSSR count). The Hall–Kier alpha value is -0.650. The van der Waals surface area contributed by atoms with E-state index in [0.29, 0.717) is 12.0 Å². The number of hydrogen-bond acceptors (Lipinski definition) is 5. The van der Waals surface area contributed by atoms with Crippen molar-refractivity contribution < 1.29 is 4.74 Å². The molecule has 1 aliphatic rings. The van der Waals surface area contributed by atoms with Gasteiger partial charge >= 0.3 is 0 Å². The highest BCUT2D eigenvalue weighted by Gasteiger charge is 2.36. The molecule has 1 aliphatic heterocycles. The van der Waals surface area contributed by atoms with E-state index in [-0.39, 0.29) is 11.5 Å². The molecule has 1 aromatic rings. The summed E-state index contributed by atoms with van der Waals surface area (Å²) in [7, 11) is 4.28. The first-order chi connectivity index (χ1) is 8.58. The van der Waals surface area contributed by atoms with Gasteiger partial charge in [-0.2, -0.15) is 0 Å². The fourth-order valence-corrected chi connectivity index (χ4v) is 3.50. The molecule has 0 bridgehead atoms. The minimum Gasteiger partial charge on any atom is -0.364 e. The van der Waals surface area contributed by atoms with Crippen molar-refractivity contribution >= 4 is 11.8 Å². The second kappa shape index (κ2) is 5.99. The van der Waals surface area contributed by atoms with Crippen LogP contribution in [0.2, 0.25) is 0 Å². The Bertz CT molecular complexity index is 374. The van der Waals surface area contributed by atoms with Crippen molar-refractivity contribution in [3.8, 4) is 0 Å². The van der Waals surface area contributed by atoms with Gasteiger partial charge in [0.25, 0.3) is 0 Å². The average Bonchev–Trinajstić information content (AvgIpc) is 2.34. The minimum atomic E-state index is 0.128. The number of rotatable bonds is 3. The van der Waals surface area contributed by atoms with Crippen molar-refractivity contribution in [3.05, 3.63) is 18.5 Å². The quantitative estimate of drug-likeness (QED) is 0.786. The standard InChI is InChI=1S/C13H21N3OS/c1-9-8-11(16(3)4)10(2)12(17-9)18-13-14-6-5-7-15-13/h5-7,9-12H,8H2,1-4H3/t9-,10?,11?,12+/m1/s1. The SMILES string of the molecule is CC1C(N(C)C)C[C@@H](C)O[C@H]1Sc1ncccn1. The van der Waals surface area contributed by atoms with E-state index in [1.54, 1.807) is 24.2 Å². The van der Waals surface area contributed by atoms with E-state index in [9.17, 15) is 0 Å². The molecule has 0 N–H and O–H groups in total. The molecule has 18 heavy (non-hydrogen) atoms. The lowest BCUT2D eigenvalue weighted by Gasteiger charge is -2.41. The molecule has 4 atom stereocenters. The molecule has 5 heteroatoms. The van der Waals surface area contributed by atoms with E-state index in [1.165, 1.54) is 0 Å². The van der Waals surface area contributed by atoms with Crippen LogP contribution in [-0.2, 0) is 4.74 Å². The monoisotopic (exact) mass is 267 g/mol. The van der Waals surface area contributed by atoms with Crippen LogP contribution < -0.4 is 0 Å². The zero-order valence-corrected chi connectivity index (χ0v) is 12.2. The summed E-state index contributed by atoms with van der Waals surface area (Å²) in [6.45, 7) is 4.39. The van der Waals surface area contributed by atoms with Gasteiger partial charge in [-0.15, -0.1) is 0 Å². The number of nitrogens with zero attached hydrogens (tertiary/aromatic N) is 3. The van der Waals surface area contributed by atoms with Crippen LogP contribution in [0, 0.1) is 5.92 Å². The first kappa shape index (κ1) is 13.8. The Morgan fingerprint density at radius 3 is 2.56 bits per heavy atom. The van der Waals surface area contributed by atoms with Gasteiger partial charge in [0.15, 0.2) is 5.16 Å². The van der Waals surface area contributed by atoms with Crippen LogP contribution in [0.3, 0.4) is 0 Å². The van der Waals surface area contributed by atoms with Gasteiger partial charge < -0.3 is 9.64 Å². The summed E-state index contributed by atoms with van der Waals surface area (Å²) in [5.41, 5.74) is 0.128. The number of ether oxygens (including phenoxy) is 1. The van der Waals surface area contributed by atoms with E-state index >= 15 is 0 Å². The van der Waals surface area contributed by atoms with E-state index in [4.69, 9.17) is 4.74 Å². The molecule has 100 valence electrons. The van der Waals surface area contributed by atoms with Gasteiger partial charge in [0.05, 0.1) is 6.10 Å². The molecule has 0 radical (unpaired) electrons. The van der Waals surface area contributed by atoms with E-state index in [2.05, 4.69) is 42.8 Å². The van der Waals surface area contributed by atoms with Crippen molar-refractivity contribution in [3.63, 3.8) is 0 Å². The summed E-state index contributed by atoms with van der Waals surface area (Å²) in [5.74, 6) is 0.463. The molecular formula is C13H21N3OS. The molecular weight excluding hydrogens is 246 g/mol. The molecule has 0 aliphatic carbocycles. The maximum absolute atomic E-state index is 6.04. The first-order valence-electron chi connectivity index (χ1n) is 6.33. The van der Waals surface area contributed by atoms with Crippen LogP contribution in [0.1, 0.15) is 20.3 Å². The van der Waals surface area contributed by atoms with Crippen molar-refractivity contribution in [2.24, 2.45) is 5.92 Å². The van der Waals surface area contributed by atoms with Crippen LogP contribution >= 0.6 is 11.8 Å². The smallest absolute Gasteiger partial charge is 0.190 e. The number of thioether (sulfide) groups is 1. The summed E-state index contributed by atoms with van der Waals surface area (Å²) in [5, 5.41) is 0.793. The van der Waals surface area contributed by atoms with Crippen molar-refractivity contribution in [2.45, 2.75) is 43.0 Å². The highest BCUT2D eigenvalue weighted by Crippen LogP contribution is 2.36. The summed E-state index contributed by atoms with van der Waals surface area (Å²) in [4.78, 5) is 10.8. The number of aromatic nitrogens is 2. The lowest BCUT2D eigenvalue weighted by molar-refractivity contribution is -0.0589. The highest BCUT2D eigenvalue weighted by molar-refractivity contribution is 7.99. The maximum Gasteiger partial charge on any atom is 0.190 e. The topological polar surface area (TPSA) is 38.2 Å². The second-order valence-corrected chi connectivity index (χ2v) is 6.16. The third kappa shape index (κ3) is 3.22. The van der Waals surface area contributed by atoms with Crippen molar-refractivity contribution in [2.75, 3.05) is 14.1 Å². The summed E-state index contributed by atoms with van der Waals surface area (Å²) < 4.78 is 6.04. The molecule has 4 nitrogen and oxygen atoms in total. The van der Waals surface area contributed by atoms with Crippen molar-refractivity contribution in [1.82, 2.24) is 14.9 Å². The third-order valence-electron chi connectivity index (χ3n) is 3.40. The van der Waals surface area contributed by atoms with Gasteiger partial charge in [0.1, 0.15) is 5.44 Å². The van der Waals surface area contributed by atoms with Crippen LogP contribution in [-0.4, -0.2) is 46.5 Å². The molecule has 0 amide bonds. The third-order valence-corrected chi connectivity index (χ3v) is 4.60. The van der Waals surface area contributed by atoms with Crippen LogP contribution in [0.4, 0.5) is 0 Å². The van der Waals surface area contributed by atoms with Gasteiger partial charge in [-0.1, -0.05) is 18.7 Å².